The minimum Gasteiger partial charge on any atom is -0.488 e. The molecule has 7 nitrogen and oxygen atoms in total. The fourth-order valence-electron chi connectivity index (χ4n) is 5.61. The van der Waals surface area contributed by atoms with Gasteiger partial charge in [0.1, 0.15) is 53.8 Å². The monoisotopic (exact) mass is 883 g/mol. The normalized spacial score (nSPS) is 10.8. The maximum absolute atomic E-state index is 14.1. The van der Waals surface area contributed by atoms with Crippen LogP contribution in [-0.2, 0) is 18.0 Å². The van der Waals surface area contributed by atoms with E-state index in [1.165, 1.54) is 43.3 Å². The van der Waals surface area contributed by atoms with E-state index in [1.807, 2.05) is 29.7 Å². The highest BCUT2D eigenvalue weighted by molar-refractivity contribution is 9.10. The smallest absolute Gasteiger partial charge is 0.335 e. The average molecular weight is 886 g/mol. The Labute approximate surface area is 343 Å². The van der Waals surface area contributed by atoms with E-state index in [9.17, 15) is 37.1 Å². The van der Waals surface area contributed by atoms with Gasteiger partial charge >= 0.3 is 5.97 Å². The molecule has 0 bridgehead atoms. The Morgan fingerprint density at radius 1 is 0.702 bits per heavy atom. The molecular weight excluding hydrogens is 853 g/mol. The van der Waals surface area contributed by atoms with Gasteiger partial charge in [0.15, 0.2) is 5.78 Å². The molecule has 0 amide bonds. The topological polar surface area (TPSA) is 94.8 Å². The first-order valence-electron chi connectivity index (χ1n) is 17.1. The summed E-state index contributed by atoms with van der Waals surface area (Å²) in [4.78, 5) is 34.8. The van der Waals surface area contributed by atoms with Gasteiger partial charge in [0.25, 0.3) is 0 Å². The molecule has 5 aromatic carbocycles. The molecule has 6 rings (SSSR count). The Bertz CT molecular complexity index is 2470. The van der Waals surface area contributed by atoms with Crippen molar-refractivity contribution in [3.05, 3.63) is 169 Å². The summed E-state index contributed by atoms with van der Waals surface area (Å²) in [6, 6.07) is 24.7. The number of ketones is 2. The van der Waals surface area contributed by atoms with Crippen LogP contribution in [-0.4, -0.2) is 27.2 Å². The number of halogens is 7. The molecule has 0 fully saturated rings. The number of carboxylic acids is 1. The van der Waals surface area contributed by atoms with Crippen LogP contribution >= 0.6 is 39.1 Å². The van der Waals surface area contributed by atoms with E-state index >= 15 is 0 Å². The molecule has 6 aromatic rings. The summed E-state index contributed by atoms with van der Waals surface area (Å²) in [6.07, 6.45) is 0.161. The summed E-state index contributed by atoms with van der Waals surface area (Å²) in [7, 11) is 0. The maximum Gasteiger partial charge on any atom is 0.335 e. The fourth-order valence-corrected chi connectivity index (χ4v) is 6.43. The molecule has 294 valence electrons. The molecular formula is C43H32BrCl2F4NO6. The van der Waals surface area contributed by atoms with Crippen molar-refractivity contribution in [1.29, 1.82) is 0 Å². The van der Waals surface area contributed by atoms with Crippen molar-refractivity contribution in [2.24, 2.45) is 0 Å². The Morgan fingerprint density at radius 2 is 1.28 bits per heavy atom. The zero-order chi connectivity index (χ0) is 41.4. The molecule has 1 heterocycles. The molecule has 0 aliphatic rings. The van der Waals surface area contributed by atoms with Crippen LogP contribution in [0.1, 0.15) is 57.3 Å². The van der Waals surface area contributed by atoms with Crippen LogP contribution in [0.3, 0.4) is 0 Å². The lowest BCUT2D eigenvalue weighted by atomic mass is 10.0. The Morgan fingerprint density at radius 3 is 1.86 bits per heavy atom. The fraction of sp³-hybridized carbons (Fsp3) is 0.140. The SMILES string of the molecule is CC(=O)CCC(=O)c1cc(Cl)ccc1OCc1ccc(F)cc1F.Cc1ccc(-c2cc(Cl)ccc2OCc2ccc(F)cc2F)n1-c1cc(Br)cc(C(=O)O)c1. The third kappa shape index (κ3) is 11.3. The first-order chi connectivity index (χ1) is 27.1. The summed E-state index contributed by atoms with van der Waals surface area (Å²) in [5, 5.41) is 10.3. The summed E-state index contributed by atoms with van der Waals surface area (Å²) < 4.78 is 67.7. The van der Waals surface area contributed by atoms with Crippen molar-refractivity contribution >= 4 is 56.7 Å². The largest absolute Gasteiger partial charge is 0.488 e. The number of hydrogen-bond donors (Lipinski definition) is 1. The summed E-state index contributed by atoms with van der Waals surface area (Å²) >= 11 is 15.6. The predicted octanol–water partition coefficient (Wildman–Crippen LogP) is 12.2. The first kappa shape index (κ1) is 42.7. The lowest BCUT2D eigenvalue weighted by Crippen LogP contribution is -2.07. The molecule has 0 atom stereocenters. The lowest BCUT2D eigenvalue weighted by molar-refractivity contribution is -0.117. The second-order valence-corrected chi connectivity index (χ2v) is 14.4. The van der Waals surface area contributed by atoms with Crippen LogP contribution in [0.5, 0.6) is 11.5 Å². The van der Waals surface area contributed by atoms with E-state index in [0.29, 0.717) is 37.2 Å². The molecule has 0 aliphatic carbocycles. The number of aromatic carboxylic acids is 1. The standard InChI is InChI=1S/C25H17BrClF2NO3.C18H15ClF2O3/c1-14-2-6-23(30(14)20-9-16(25(31)32)8-17(26)10-20)21-11-18(27)4-7-24(21)33-13-15-3-5-19(28)12-22(15)29;1-11(22)2-6-17(23)15-8-13(19)4-7-18(15)24-10-12-3-5-14(20)9-16(12)21/h2-12H,13H2,1H3,(H,31,32);3-5,7-9H,2,6,10H2,1H3. The number of rotatable bonds is 13. The number of carbonyl (C=O) groups excluding carboxylic acids is 2. The van der Waals surface area contributed by atoms with Gasteiger partial charge in [-0.3, -0.25) is 4.79 Å². The van der Waals surface area contributed by atoms with E-state index in [1.54, 1.807) is 30.3 Å². The van der Waals surface area contributed by atoms with Crippen molar-refractivity contribution in [3.8, 4) is 28.4 Å². The van der Waals surface area contributed by atoms with Gasteiger partial charge in [0.05, 0.1) is 16.8 Å². The van der Waals surface area contributed by atoms with Crippen LogP contribution < -0.4 is 9.47 Å². The quantitative estimate of drug-likeness (QED) is 0.0917. The summed E-state index contributed by atoms with van der Waals surface area (Å²) in [6.45, 7) is 3.02. The molecule has 0 saturated carbocycles. The van der Waals surface area contributed by atoms with Crippen LogP contribution in [0.4, 0.5) is 17.6 Å². The molecule has 0 aliphatic heterocycles. The van der Waals surface area contributed by atoms with Crippen LogP contribution in [0.2, 0.25) is 10.0 Å². The first-order valence-corrected chi connectivity index (χ1v) is 18.6. The van der Waals surface area contributed by atoms with Crippen molar-refractivity contribution in [2.45, 2.75) is 39.9 Å². The number of nitrogens with zero attached hydrogens (tertiary/aromatic N) is 1. The highest BCUT2D eigenvalue weighted by Gasteiger charge is 2.18. The van der Waals surface area contributed by atoms with Crippen molar-refractivity contribution in [1.82, 2.24) is 4.57 Å². The predicted molar refractivity (Wildman–Crippen MR) is 213 cm³/mol. The molecule has 1 N–H and O–H groups in total. The second-order valence-electron chi connectivity index (χ2n) is 12.7. The van der Waals surface area contributed by atoms with Gasteiger partial charge in [-0.25, -0.2) is 22.4 Å². The van der Waals surface area contributed by atoms with E-state index < -0.39 is 29.2 Å². The number of hydrogen-bond acceptors (Lipinski definition) is 5. The van der Waals surface area contributed by atoms with Crippen LogP contribution in [0.25, 0.3) is 16.9 Å². The van der Waals surface area contributed by atoms with Gasteiger partial charge < -0.3 is 23.9 Å². The molecule has 0 radical (unpaired) electrons. The number of aryl methyl sites for hydroxylation is 1. The van der Waals surface area contributed by atoms with Gasteiger partial charge in [-0.1, -0.05) is 39.1 Å². The van der Waals surface area contributed by atoms with Crippen molar-refractivity contribution in [3.63, 3.8) is 0 Å². The minimum absolute atomic E-state index is 0.0386. The number of carboxylic acid groups (broad SMARTS) is 1. The number of carbonyl (C=O) groups is 3. The molecule has 14 heteroatoms. The summed E-state index contributed by atoms with van der Waals surface area (Å²) in [5.74, 6) is -3.52. The highest BCUT2D eigenvalue weighted by atomic mass is 79.9. The van der Waals surface area contributed by atoms with E-state index in [2.05, 4.69) is 15.9 Å². The van der Waals surface area contributed by atoms with E-state index in [-0.39, 0.29) is 65.6 Å². The van der Waals surface area contributed by atoms with E-state index in [0.717, 1.165) is 23.9 Å². The van der Waals surface area contributed by atoms with Gasteiger partial charge in [-0.05, 0) is 105 Å². The lowest BCUT2D eigenvalue weighted by Gasteiger charge is -2.17. The molecule has 0 unspecified atom stereocenters. The maximum atomic E-state index is 14.1. The Kier molecular flexibility index (Phi) is 14.3. The van der Waals surface area contributed by atoms with Gasteiger partial charge in [0.2, 0.25) is 0 Å². The minimum atomic E-state index is -1.04. The third-order valence-corrected chi connectivity index (χ3v) is 9.35. The van der Waals surface area contributed by atoms with Gasteiger partial charge in [0, 0.05) is 67.6 Å². The van der Waals surface area contributed by atoms with E-state index in [4.69, 9.17) is 32.7 Å². The Balaban J connectivity index is 0.000000230. The highest BCUT2D eigenvalue weighted by Crippen LogP contribution is 2.37. The van der Waals surface area contributed by atoms with Crippen LogP contribution in [0, 0.1) is 30.2 Å². The average Bonchev–Trinajstić information content (AvgIpc) is 3.54. The molecule has 1 aromatic heterocycles. The Hall–Kier alpha value is -5.43. The third-order valence-electron chi connectivity index (χ3n) is 8.42. The zero-order valence-corrected chi connectivity index (χ0v) is 33.3. The van der Waals surface area contributed by atoms with Crippen LogP contribution in [0.15, 0.2) is 108 Å². The second kappa shape index (κ2) is 19.1. The number of benzene rings is 5. The summed E-state index contributed by atoms with van der Waals surface area (Å²) in [5.41, 5.74) is 3.56. The number of ether oxygens (including phenoxy) is 2. The zero-order valence-electron chi connectivity index (χ0n) is 30.2. The molecule has 0 saturated heterocycles. The van der Waals surface area contributed by atoms with Gasteiger partial charge in [-0.2, -0.15) is 0 Å². The van der Waals surface area contributed by atoms with Gasteiger partial charge in [-0.15, -0.1) is 0 Å². The molecule has 0 spiro atoms. The number of aromatic nitrogens is 1. The van der Waals surface area contributed by atoms with Crippen molar-refractivity contribution < 1.29 is 46.5 Å². The number of Topliss-reactive ketones (excluding diaryl/α,β-unsaturated/α-hetero) is 2. The van der Waals surface area contributed by atoms with Crippen molar-refractivity contribution in [2.75, 3.05) is 0 Å². The molecule has 57 heavy (non-hydrogen) atoms.